The Bertz CT molecular complexity index is 433. The van der Waals surface area contributed by atoms with Crippen LogP contribution in [0.5, 0.6) is 0 Å². The summed E-state index contributed by atoms with van der Waals surface area (Å²) in [6.45, 7) is 8.25. The van der Waals surface area contributed by atoms with E-state index < -0.39 is 0 Å². The van der Waals surface area contributed by atoms with Gasteiger partial charge in [-0.2, -0.15) is 5.10 Å². The molecule has 0 spiro atoms. The van der Waals surface area contributed by atoms with Gasteiger partial charge >= 0.3 is 0 Å². The van der Waals surface area contributed by atoms with E-state index in [2.05, 4.69) is 44.9 Å². The van der Waals surface area contributed by atoms with E-state index in [9.17, 15) is 0 Å². The van der Waals surface area contributed by atoms with E-state index in [0.29, 0.717) is 18.4 Å². The Kier molecular flexibility index (Phi) is 6.71. The number of nitrogens with one attached hydrogen (secondary N) is 1. The van der Waals surface area contributed by atoms with Crippen LogP contribution in [0.25, 0.3) is 0 Å². The third-order valence-corrected chi connectivity index (χ3v) is 5.21. The SMILES string of the molecule is CCNCC1CCC(C)CC1c1c(Br)cnn1CCOC. The normalized spacial score (nSPS) is 26.2. The van der Waals surface area contributed by atoms with Gasteiger partial charge in [0, 0.05) is 13.0 Å². The van der Waals surface area contributed by atoms with Crippen LogP contribution in [-0.4, -0.2) is 36.6 Å². The Labute approximate surface area is 136 Å². The highest BCUT2D eigenvalue weighted by atomic mass is 79.9. The smallest absolute Gasteiger partial charge is 0.0658 e. The fourth-order valence-electron chi connectivity index (χ4n) is 3.45. The first kappa shape index (κ1) is 17.0. The fourth-order valence-corrected chi connectivity index (χ4v) is 4.04. The second-order valence-corrected chi connectivity index (χ2v) is 7.04. The summed E-state index contributed by atoms with van der Waals surface area (Å²) in [5.74, 6) is 2.09. The summed E-state index contributed by atoms with van der Waals surface area (Å²) in [5.41, 5.74) is 1.36. The molecule has 0 radical (unpaired) electrons. The van der Waals surface area contributed by atoms with E-state index in [1.165, 1.54) is 25.0 Å². The molecule has 0 bridgehead atoms. The van der Waals surface area contributed by atoms with Crippen molar-refractivity contribution in [1.29, 1.82) is 0 Å². The first-order valence-electron chi connectivity index (χ1n) is 8.08. The van der Waals surface area contributed by atoms with Crippen LogP contribution >= 0.6 is 15.9 Å². The van der Waals surface area contributed by atoms with Gasteiger partial charge in [0.2, 0.25) is 0 Å². The second-order valence-electron chi connectivity index (χ2n) is 6.19. The van der Waals surface area contributed by atoms with Crippen LogP contribution in [0.3, 0.4) is 0 Å². The van der Waals surface area contributed by atoms with Crippen LogP contribution in [0.1, 0.15) is 44.7 Å². The summed E-state index contributed by atoms with van der Waals surface area (Å²) in [6.07, 6.45) is 5.85. The van der Waals surface area contributed by atoms with Crippen LogP contribution in [0.2, 0.25) is 0 Å². The Morgan fingerprint density at radius 1 is 1.48 bits per heavy atom. The molecule has 1 fully saturated rings. The number of ether oxygens (including phenoxy) is 1. The maximum Gasteiger partial charge on any atom is 0.0658 e. The lowest BCUT2D eigenvalue weighted by Gasteiger charge is -2.35. The Balaban J connectivity index is 2.20. The van der Waals surface area contributed by atoms with Gasteiger partial charge in [-0.3, -0.25) is 4.68 Å². The molecule has 0 aliphatic heterocycles. The monoisotopic (exact) mass is 357 g/mol. The van der Waals surface area contributed by atoms with E-state index >= 15 is 0 Å². The van der Waals surface area contributed by atoms with Gasteiger partial charge in [0.15, 0.2) is 0 Å². The molecule has 0 saturated heterocycles. The molecule has 1 saturated carbocycles. The third-order valence-electron chi connectivity index (χ3n) is 4.60. The van der Waals surface area contributed by atoms with Gasteiger partial charge in [0.25, 0.3) is 0 Å². The van der Waals surface area contributed by atoms with Crippen molar-refractivity contribution in [1.82, 2.24) is 15.1 Å². The van der Waals surface area contributed by atoms with Crippen LogP contribution in [0.15, 0.2) is 10.7 Å². The Hall–Kier alpha value is -0.390. The van der Waals surface area contributed by atoms with Crippen molar-refractivity contribution in [3.05, 3.63) is 16.4 Å². The predicted molar refractivity (Wildman–Crippen MR) is 89.6 cm³/mol. The lowest BCUT2D eigenvalue weighted by molar-refractivity contribution is 0.177. The van der Waals surface area contributed by atoms with E-state index in [-0.39, 0.29) is 0 Å². The molecule has 120 valence electrons. The highest BCUT2D eigenvalue weighted by molar-refractivity contribution is 9.10. The summed E-state index contributed by atoms with van der Waals surface area (Å²) in [7, 11) is 1.74. The summed E-state index contributed by atoms with van der Waals surface area (Å²) < 4.78 is 8.51. The molecule has 1 aliphatic rings. The summed E-state index contributed by atoms with van der Waals surface area (Å²) in [4.78, 5) is 0. The van der Waals surface area contributed by atoms with E-state index in [1.807, 2.05) is 6.20 Å². The molecule has 1 heterocycles. The first-order valence-corrected chi connectivity index (χ1v) is 8.87. The van der Waals surface area contributed by atoms with Crippen LogP contribution < -0.4 is 5.32 Å². The molecule has 21 heavy (non-hydrogen) atoms. The molecule has 2 rings (SSSR count). The van der Waals surface area contributed by atoms with Crippen molar-refractivity contribution in [3.63, 3.8) is 0 Å². The van der Waals surface area contributed by atoms with Crippen molar-refractivity contribution in [2.45, 2.75) is 45.6 Å². The molecule has 3 atom stereocenters. The van der Waals surface area contributed by atoms with Crippen molar-refractivity contribution in [3.8, 4) is 0 Å². The molecular weight excluding hydrogens is 330 g/mol. The minimum Gasteiger partial charge on any atom is -0.383 e. The van der Waals surface area contributed by atoms with Crippen LogP contribution in [0, 0.1) is 11.8 Å². The van der Waals surface area contributed by atoms with Gasteiger partial charge in [-0.15, -0.1) is 0 Å². The quantitative estimate of drug-likeness (QED) is 0.812. The highest BCUT2D eigenvalue weighted by Gasteiger charge is 2.33. The summed E-state index contributed by atoms with van der Waals surface area (Å²) in [6, 6.07) is 0. The molecule has 1 aliphatic carbocycles. The zero-order chi connectivity index (χ0) is 15.2. The Morgan fingerprint density at radius 2 is 2.29 bits per heavy atom. The number of methoxy groups -OCH3 is 1. The van der Waals surface area contributed by atoms with Crippen molar-refractivity contribution in [2.24, 2.45) is 11.8 Å². The number of hydrogen-bond donors (Lipinski definition) is 1. The number of aromatic nitrogens is 2. The number of rotatable bonds is 7. The number of nitrogens with zero attached hydrogens (tertiary/aromatic N) is 2. The van der Waals surface area contributed by atoms with E-state index in [1.54, 1.807) is 7.11 Å². The lowest BCUT2D eigenvalue weighted by atomic mass is 9.73. The molecule has 0 aromatic carbocycles. The first-order chi connectivity index (χ1) is 10.2. The topological polar surface area (TPSA) is 39.1 Å². The molecule has 3 unspecified atom stereocenters. The van der Waals surface area contributed by atoms with Crippen molar-refractivity contribution >= 4 is 15.9 Å². The summed E-state index contributed by atoms with van der Waals surface area (Å²) in [5, 5.41) is 8.07. The third kappa shape index (κ3) is 4.30. The zero-order valence-corrected chi connectivity index (χ0v) is 15.0. The van der Waals surface area contributed by atoms with Gasteiger partial charge in [-0.1, -0.05) is 20.3 Å². The molecular formula is C16H28BrN3O. The molecule has 1 aromatic rings. The average molecular weight is 358 g/mol. The van der Waals surface area contributed by atoms with Crippen LogP contribution in [-0.2, 0) is 11.3 Å². The van der Waals surface area contributed by atoms with E-state index in [0.717, 1.165) is 30.0 Å². The Morgan fingerprint density at radius 3 is 3.00 bits per heavy atom. The minimum atomic E-state index is 0.585. The second kappa shape index (κ2) is 8.30. The molecule has 1 N–H and O–H groups in total. The molecule has 1 aromatic heterocycles. The molecule has 4 nitrogen and oxygen atoms in total. The van der Waals surface area contributed by atoms with Crippen molar-refractivity contribution in [2.75, 3.05) is 26.8 Å². The maximum atomic E-state index is 5.22. The van der Waals surface area contributed by atoms with Gasteiger partial charge in [-0.05, 0) is 53.7 Å². The number of hydrogen-bond acceptors (Lipinski definition) is 3. The van der Waals surface area contributed by atoms with Gasteiger partial charge in [0.05, 0.1) is 29.5 Å². The highest BCUT2D eigenvalue weighted by Crippen LogP contribution is 2.42. The summed E-state index contributed by atoms with van der Waals surface area (Å²) >= 11 is 3.72. The lowest BCUT2D eigenvalue weighted by Crippen LogP contribution is -2.33. The number of halogens is 1. The largest absolute Gasteiger partial charge is 0.383 e. The molecule has 0 amide bonds. The average Bonchev–Trinajstić information content (AvgIpc) is 2.84. The minimum absolute atomic E-state index is 0.585. The van der Waals surface area contributed by atoms with E-state index in [4.69, 9.17) is 4.74 Å². The maximum absolute atomic E-state index is 5.22. The fraction of sp³-hybridized carbons (Fsp3) is 0.812. The predicted octanol–water partition coefficient (Wildman–Crippen LogP) is 3.42. The zero-order valence-electron chi connectivity index (χ0n) is 13.4. The van der Waals surface area contributed by atoms with Gasteiger partial charge in [-0.25, -0.2) is 0 Å². The van der Waals surface area contributed by atoms with Gasteiger partial charge in [0.1, 0.15) is 0 Å². The molecule has 5 heteroatoms. The van der Waals surface area contributed by atoms with Crippen molar-refractivity contribution < 1.29 is 4.74 Å². The standard InChI is InChI=1S/C16H28BrN3O/c1-4-18-10-13-6-5-12(2)9-14(13)16-15(17)11-19-20(16)7-8-21-3/h11-14,18H,4-10H2,1-3H3. The van der Waals surface area contributed by atoms with Crippen LogP contribution in [0.4, 0.5) is 0 Å². The van der Waals surface area contributed by atoms with Gasteiger partial charge < -0.3 is 10.1 Å².